The molecule has 1 aliphatic heterocycles. The summed E-state index contributed by atoms with van der Waals surface area (Å²) in [5, 5.41) is 0. The van der Waals surface area contributed by atoms with Gasteiger partial charge in [0, 0.05) is 31.9 Å². The van der Waals surface area contributed by atoms with Crippen LogP contribution in [0.4, 0.5) is 0 Å². The molecule has 0 atom stereocenters. The molecule has 0 unspecified atom stereocenters. The fourth-order valence-corrected chi connectivity index (χ4v) is 2.09. The van der Waals surface area contributed by atoms with Gasteiger partial charge in [0.05, 0.1) is 6.04 Å². The minimum absolute atomic E-state index is 0.281. The summed E-state index contributed by atoms with van der Waals surface area (Å²) in [6, 6.07) is 0.429. The Morgan fingerprint density at radius 3 is 2.75 bits per heavy atom. The van der Waals surface area contributed by atoms with Gasteiger partial charge >= 0.3 is 0 Å². The number of nitrogens with zero attached hydrogens (tertiary/aromatic N) is 3. The molecule has 0 spiro atoms. The van der Waals surface area contributed by atoms with Crippen molar-refractivity contribution < 1.29 is 4.79 Å². The molecular weight excluding hydrogens is 202 g/mol. The van der Waals surface area contributed by atoms with Crippen LogP contribution in [0, 0.1) is 12.8 Å². The number of carbonyl (C=O) groups excluding carboxylic acids is 1. The number of likely N-dealkylation sites (tertiary alicyclic amines) is 1. The van der Waals surface area contributed by atoms with Gasteiger partial charge in [-0.3, -0.25) is 4.79 Å². The first-order valence-corrected chi connectivity index (χ1v) is 5.85. The standard InChI is InChI=1S/C12H19N3O/c1-9(2)6-12(16)14-7-11(8-14)15-5-4-13-10(15)3/h4-5,9,11H,6-8H2,1-3H3. The van der Waals surface area contributed by atoms with Crippen molar-refractivity contribution in [2.45, 2.75) is 33.2 Å². The summed E-state index contributed by atoms with van der Waals surface area (Å²) >= 11 is 0. The molecule has 2 heterocycles. The zero-order valence-corrected chi connectivity index (χ0v) is 10.2. The SMILES string of the molecule is Cc1nccn1C1CN(C(=O)CC(C)C)C1. The first-order chi connectivity index (χ1) is 7.58. The van der Waals surface area contributed by atoms with Crippen LogP contribution >= 0.6 is 0 Å². The van der Waals surface area contributed by atoms with Crippen LogP contribution in [0.3, 0.4) is 0 Å². The van der Waals surface area contributed by atoms with Gasteiger partial charge in [-0.1, -0.05) is 13.8 Å². The summed E-state index contributed by atoms with van der Waals surface area (Å²) in [6.45, 7) is 7.83. The van der Waals surface area contributed by atoms with Gasteiger partial charge in [-0.05, 0) is 12.8 Å². The molecule has 0 radical (unpaired) electrons. The van der Waals surface area contributed by atoms with Crippen LogP contribution in [0.25, 0.3) is 0 Å². The van der Waals surface area contributed by atoms with Gasteiger partial charge in [0.25, 0.3) is 0 Å². The maximum absolute atomic E-state index is 11.7. The third-order valence-corrected chi connectivity index (χ3v) is 3.05. The smallest absolute Gasteiger partial charge is 0.222 e. The second-order valence-corrected chi connectivity index (χ2v) is 4.93. The lowest BCUT2D eigenvalue weighted by molar-refractivity contribution is -0.137. The number of carbonyl (C=O) groups is 1. The zero-order valence-electron chi connectivity index (χ0n) is 10.2. The van der Waals surface area contributed by atoms with Crippen molar-refractivity contribution in [1.82, 2.24) is 14.5 Å². The summed E-state index contributed by atoms with van der Waals surface area (Å²) in [5.41, 5.74) is 0. The fourth-order valence-electron chi connectivity index (χ4n) is 2.09. The highest BCUT2D eigenvalue weighted by Crippen LogP contribution is 2.23. The molecule has 16 heavy (non-hydrogen) atoms. The Bertz CT molecular complexity index is 377. The number of imidazole rings is 1. The predicted molar refractivity (Wildman–Crippen MR) is 62.0 cm³/mol. The molecule has 0 aliphatic carbocycles. The van der Waals surface area contributed by atoms with Crippen molar-refractivity contribution in [3.05, 3.63) is 18.2 Å². The maximum Gasteiger partial charge on any atom is 0.222 e. The van der Waals surface area contributed by atoms with E-state index in [2.05, 4.69) is 23.4 Å². The summed E-state index contributed by atoms with van der Waals surface area (Å²) in [6.07, 6.45) is 4.47. The Morgan fingerprint density at radius 1 is 1.56 bits per heavy atom. The molecule has 88 valence electrons. The van der Waals surface area contributed by atoms with E-state index in [4.69, 9.17) is 0 Å². The molecule has 1 aromatic rings. The molecule has 1 amide bonds. The number of amides is 1. The Hall–Kier alpha value is -1.32. The minimum atomic E-state index is 0.281. The van der Waals surface area contributed by atoms with Crippen molar-refractivity contribution in [2.75, 3.05) is 13.1 Å². The van der Waals surface area contributed by atoms with Crippen molar-refractivity contribution in [1.29, 1.82) is 0 Å². The van der Waals surface area contributed by atoms with Crippen molar-refractivity contribution in [3.8, 4) is 0 Å². The predicted octanol–water partition coefficient (Wildman–Crippen LogP) is 1.62. The third kappa shape index (κ3) is 2.10. The van der Waals surface area contributed by atoms with E-state index in [1.54, 1.807) is 0 Å². The highest BCUT2D eigenvalue weighted by molar-refractivity contribution is 5.77. The van der Waals surface area contributed by atoms with Crippen LogP contribution in [0.15, 0.2) is 12.4 Å². The van der Waals surface area contributed by atoms with Gasteiger partial charge in [0.2, 0.25) is 5.91 Å². The normalized spacial score (nSPS) is 16.6. The van der Waals surface area contributed by atoms with E-state index < -0.39 is 0 Å². The van der Waals surface area contributed by atoms with Gasteiger partial charge in [0.15, 0.2) is 0 Å². The highest BCUT2D eigenvalue weighted by Gasteiger charge is 2.32. The van der Waals surface area contributed by atoms with Gasteiger partial charge in [-0.2, -0.15) is 0 Å². The van der Waals surface area contributed by atoms with E-state index in [1.165, 1.54) is 0 Å². The van der Waals surface area contributed by atoms with E-state index in [-0.39, 0.29) is 5.91 Å². The van der Waals surface area contributed by atoms with E-state index in [1.807, 2.05) is 24.2 Å². The van der Waals surface area contributed by atoms with Gasteiger partial charge < -0.3 is 9.47 Å². The number of hydrogen-bond donors (Lipinski definition) is 0. The van der Waals surface area contributed by atoms with Gasteiger partial charge in [0.1, 0.15) is 5.82 Å². The molecule has 4 heteroatoms. The molecule has 1 fully saturated rings. The molecule has 0 saturated carbocycles. The summed E-state index contributed by atoms with van der Waals surface area (Å²) in [5.74, 6) is 1.76. The molecule has 0 N–H and O–H groups in total. The lowest BCUT2D eigenvalue weighted by Gasteiger charge is -2.40. The molecule has 4 nitrogen and oxygen atoms in total. The average molecular weight is 221 g/mol. The molecule has 1 aliphatic rings. The van der Waals surface area contributed by atoms with Crippen LogP contribution in [-0.2, 0) is 4.79 Å². The summed E-state index contributed by atoms with van der Waals surface area (Å²) < 4.78 is 2.15. The average Bonchev–Trinajstić information content (AvgIpc) is 2.48. The molecule has 0 aromatic carbocycles. The van der Waals surface area contributed by atoms with Crippen LogP contribution in [-0.4, -0.2) is 33.4 Å². The van der Waals surface area contributed by atoms with E-state index in [0.29, 0.717) is 18.4 Å². The van der Waals surface area contributed by atoms with E-state index in [0.717, 1.165) is 18.9 Å². The molecular formula is C12H19N3O. The summed E-state index contributed by atoms with van der Waals surface area (Å²) in [4.78, 5) is 17.9. The number of rotatable bonds is 3. The largest absolute Gasteiger partial charge is 0.338 e. The highest BCUT2D eigenvalue weighted by atomic mass is 16.2. The van der Waals surface area contributed by atoms with Crippen LogP contribution in [0.5, 0.6) is 0 Å². The lowest BCUT2D eigenvalue weighted by atomic mass is 10.0. The number of aromatic nitrogens is 2. The van der Waals surface area contributed by atoms with Crippen molar-refractivity contribution in [2.24, 2.45) is 5.92 Å². The second kappa shape index (κ2) is 4.28. The number of hydrogen-bond acceptors (Lipinski definition) is 2. The van der Waals surface area contributed by atoms with Crippen LogP contribution < -0.4 is 0 Å². The lowest BCUT2D eigenvalue weighted by Crippen LogP contribution is -2.51. The molecule has 0 bridgehead atoms. The van der Waals surface area contributed by atoms with E-state index >= 15 is 0 Å². The second-order valence-electron chi connectivity index (χ2n) is 4.93. The Kier molecular flexibility index (Phi) is 2.99. The maximum atomic E-state index is 11.7. The van der Waals surface area contributed by atoms with Gasteiger partial charge in [-0.15, -0.1) is 0 Å². The first-order valence-electron chi connectivity index (χ1n) is 5.85. The zero-order chi connectivity index (χ0) is 11.7. The molecule has 2 rings (SSSR count). The number of aryl methyl sites for hydroxylation is 1. The molecule has 1 saturated heterocycles. The molecule has 1 aromatic heterocycles. The fraction of sp³-hybridized carbons (Fsp3) is 0.667. The first kappa shape index (κ1) is 11.2. The Labute approximate surface area is 96.3 Å². The monoisotopic (exact) mass is 221 g/mol. The quantitative estimate of drug-likeness (QED) is 0.778. The van der Waals surface area contributed by atoms with Crippen LogP contribution in [0.1, 0.15) is 32.1 Å². The van der Waals surface area contributed by atoms with Crippen LogP contribution in [0.2, 0.25) is 0 Å². The Morgan fingerprint density at radius 2 is 2.25 bits per heavy atom. The minimum Gasteiger partial charge on any atom is -0.338 e. The third-order valence-electron chi connectivity index (χ3n) is 3.05. The van der Waals surface area contributed by atoms with E-state index in [9.17, 15) is 4.79 Å². The van der Waals surface area contributed by atoms with Crippen molar-refractivity contribution in [3.63, 3.8) is 0 Å². The topological polar surface area (TPSA) is 38.1 Å². The Balaban J connectivity index is 1.86. The van der Waals surface area contributed by atoms with Gasteiger partial charge in [-0.25, -0.2) is 4.98 Å². The summed E-state index contributed by atoms with van der Waals surface area (Å²) in [7, 11) is 0. The van der Waals surface area contributed by atoms with Crippen molar-refractivity contribution >= 4 is 5.91 Å².